The van der Waals surface area contributed by atoms with Crippen LogP contribution in [0.2, 0.25) is 0 Å². The maximum Gasteiger partial charge on any atom is 0.144 e. The molecule has 2 aliphatic rings. The van der Waals surface area contributed by atoms with Crippen molar-refractivity contribution in [3.63, 3.8) is 0 Å². The molecule has 3 aromatic rings. The van der Waals surface area contributed by atoms with Crippen molar-refractivity contribution in [1.29, 1.82) is 0 Å². The molecule has 4 unspecified atom stereocenters. The number of hydrogen-bond donors (Lipinski definition) is 3. The number of rotatable bonds is 7. The van der Waals surface area contributed by atoms with Crippen molar-refractivity contribution in [2.45, 2.75) is 84.2 Å². The van der Waals surface area contributed by atoms with Crippen molar-refractivity contribution in [2.24, 2.45) is 0 Å². The fourth-order valence-corrected chi connectivity index (χ4v) is 5.29. The number of allylic oxidation sites excluding steroid dienone is 2. The molecule has 3 aromatic carbocycles. The maximum atomic E-state index is 10.2. The van der Waals surface area contributed by atoms with Crippen molar-refractivity contribution in [2.75, 3.05) is 20.3 Å². The van der Waals surface area contributed by atoms with E-state index in [0.29, 0.717) is 19.4 Å². The Labute approximate surface area is 251 Å². The molecule has 0 amide bonds. The lowest BCUT2D eigenvalue weighted by molar-refractivity contribution is -0.113. The van der Waals surface area contributed by atoms with E-state index in [0.717, 1.165) is 37.0 Å². The van der Waals surface area contributed by atoms with Crippen LogP contribution in [0.5, 0.6) is 11.5 Å². The second kappa shape index (κ2) is 15.9. The summed E-state index contributed by atoms with van der Waals surface area (Å²) in [4.78, 5) is 0. The molecular weight excluding hydrogens is 528 g/mol. The summed E-state index contributed by atoms with van der Waals surface area (Å²) >= 11 is 0. The number of ether oxygens (including phenoxy) is 3. The summed E-state index contributed by atoms with van der Waals surface area (Å²) in [6.07, 6.45) is 5.72. The van der Waals surface area contributed by atoms with Gasteiger partial charge < -0.3 is 29.5 Å². The molecule has 42 heavy (non-hydrogen) atoms. The number of fused-ring (bicyclic) bond motifs is 1. The Bertz CT molecular complexity index is 1280. The molecule has 228 valence electrons. The normalized spacial score (nSPS) is 22.7. The van der Waals surface area contributed by atoms with Gasteiger partial charge in [-0.15, -0.1) is 0 Å². The van der Waals surface area contributed by atoms with Crippen molar-refractivity contribution in [3.8, 4) is 11.5 Å². The van der Waals surface area contributed by atoms with Crippen LogP contribution in [0.3, 0.4) is 0 Å². The van der Waals surface area contributed by atoms with Crippen LogP contribution in [-0.4, -0.2) is 53.5 Å². The zero-order valence-corrected chi connectivity index (χ0v) is 26.0. The molecule has 1 fully saturated rings. The number of benzene rings is 3. The first kappa shape index (κ1) is 33.3. The van der Waals surface area contributed by atoms with Gasteiger partial charge in [0.15, 0.2) is 0 Å². The first-order valence-corrected chi connectivity index (χ1v) is 14.8. The van der Waals surface area contributed by atoms with Gasteiger partial charge in [-0.3, -0.25) is 0 Å². The van der Waals surface area contributed by atoms with Gasteiger partial charge in [0.05, 0.1) is 24.9 Å². The van der Waals surface area contributed by atoms with Crippen LogP contribution in [0, 0.1) is 13.8 Å². The molecule has 6 nitrogen and oxygen atoms in total. The van der Waals surface area contributed by atoms with Crippen molar-refractivity contribution < 1.29 is 29.5 Å². The summed E-state index contributed by atoms with van der Waals surface area (Å²) < 4.78 is 18.4. The highest BCUT2D eigenvalue weighted by atomic mass is 16.5. The Hall–Kier alpha value is -3.16. The highest BCUT2D eigenvalue weighted by Gasteiger charge is 2.35. The third kappa shape index (κ3) is 9.17. The first-order valence-electron chi connectivity index (χ1n) is 14.8. The molecule has 0 aliphatic carbocycles. The summed E-state index contributed by atoms with van der Waals surface area (Å²) in [6.45, 7) is 10.7. The van der Waals surface area contributed by atoms with Gasteiger partial charge in [-0.2, -0.15) is 0 Å². The zero-order valence-electron chi connectivity index (χ0n) is 26.0. The molecule has 0 aromatic heterocycles. The Morgan fingerprint density at radius 2 is 1.67 bits per heavy atom. The van der Waals surface area contributed by atoms with Gasteiger partial charge in [0.1, 0.15) is 23.7 Å². The average molecular weight is 577 g/mol. The molecule has 0 bridgehead atoms. The fraction of sp³-hybridized carbons (Fsp3) is 0.444. The topological polar surface area (TPSA) is 88.4 Å². The SMILES string of the molecule is C/C=C/C.CO.Cc1ccc2c(c1)CC(C)(COc1ccc(Cc3cc(C4CC(O)CC(CO)O4)ccc3C)cc1)O2. The number of aryl methyl sites for hydroxylation is 2. The van der Waals surface area contributed by atoms with E-state index < -0.39 is 6.10 Å². The third-order valence-corrected chi connectivity index (χ3v) is 7.66. The van der Waals surface area contributed by atoms with Crippen LogP contribution in [0.25, 0.3) is 0 Å². The summed E-state index contributed by atoms with van der Waals surface area (Å²) in [5.74, 6) is 1.79. The molecule has 1 saturated heterocycles. The second-order valence-electron chi connectivity index (χ2n) is 11.4. The summed E-state index contributed by atoms with van der Waals surface area (Å²) in [5, 5.41) is 26.7. The molecule has 5 rings (SSSR count). The molecule has 0 radical (unpaired) electrons. The van der Waals surface area contributed by atoms with Crippen LogP contribution in [-0.2, 0) is 17.6 Å². The number of hydrogen-bond acceptors (Lipinski definition) is 6. The lowest BCUT2D eigenvalue weighted by atomic mass is 9.92. The molecule has 0 saturated carbocycles. The van der Waals surface area contributed by atoms with E-state index in [-0.39, 0.29) is 24.4 Å². The molecule has 4 atom stereocenters. The average Bonchev–Trinajstić information content (AvgIpc) is 3.34. The monoisotopic (exact) mass is 576 g/mol. The van der Waals surface area contributed by atoms with Crippen LogP contribution < -0.4 is 9.47 Å². The van der Waals surface area contributed by atoms with Crippen LogP contribution in [0.4, 0.5) is 0 Å². The van der Waals surface area contributed by atoms with Crippen LogP contribution in [0.15, 0.2) is 72.8 Å². The molecule has 2 aliphatic heterocycles. The Morgan fingerprint density at radius 3 is 2.33 bits per heavy atom. The minimum atomic E-state index is -0.451. The van der Waals surface area contributed by atoms with E-state index in [2.05, 4.69) is 69.3 Å². The smallest absolute Gasteiger partial charge is 0.144 e. The second-order valence-corrected chi connectivity index (χ2v) is 11.4. The zero-order chi connectivity index (χ0) is 30.7. The predicted molar refractivity (Wildman–Crippen MR) is 168 cm³/mol. The van der Waals surface area contributed by atoms with E-state index in [1.165, 1.54) is 27.8 Å². The maximum absolute atomic E-state index is 10.2. The lowest BCUT2D eigenvalue weighted by Gasteiger charge is -2.32. The summed E-state index contributed by atoms with van der Waals surface area (Å²) in [5.41, 5.74) is 6.82. The van der Waals surface area contributed by atoms with Crippen LogP contribution >= 0.6 is 0 Å². The molecule has 2 heterocycles. The highest BCUT2D eigenvalue weighted by molar-refractivity contribution is 5.42. The minimum absolute atomic E-state index is 0.0709. The third-order valence-electron chi connectivity index (χ3n) is 7.66. The van der Waals surface area contributed by atoms with E-state index in [9.17, 15) is 10.2 Å². The summed E-state index contributed by atoms with van der Waals surface area (Å²) in [6, 6.07) is 21.0. The Morgan fingerprint density at radius 1 is 0.952 bits per heavy atom. The van der Waals surface area contributed by atoms with E-state index in [4.69, 9.17) is 19.3 Å². The number of aliphatic hydroxyl groups excluding tert-OH is 3. The Balaban J connectivity index is 0.000000745. The molecule has 6 heteroatoms. The number of aliphatic hydroxyl groups is 3. The van der Waals surface area contributed by atoms with Gasteiger partial charge >= 0.3 is 0 Å². The minimum Gasteiger partial charge on any atom is -0.489 e. The molecule has 3 N–H and O–H groups in total. The van der Waals surface area contributed by atoms with Gasteiger partial charge in [0.25, 0.3) is 0 Å². The Kier molecular flexibility index (Phi) is 12.6. The standard InChI is InChI=1S/C31H36O5.C4H8.CH4O/c1-20-4-11-29-25(12-20)17-31(3,36-29)19-34-27-9-6-22(7-10-27)13-24-14-23(8-5-21(24)2)30-16-26(33)15-28(18-32)35-30;1-3-4-2;1-2/h4-12,14,26,28,30,32-33H,13,15-19H2,1-3H3;3-4H,1-2H3;2H,1H3/b;4-3+;. The lowest BCUT2D eigenvalue weighted by Crippen LogP contribution is -2.37. The molecule has 0 spiro atoms. The fourth-order valence-electron chi connectivity index (χ4n) is 5.29. The first-order chi connectivity index (χ1) is 20.2. The van der Waals surface area contributed by atoms with E-state index in [1.54, 1.807) is 0 Å². The molecular formula is C36H48O6. The largest absolute Gasteiger partial charge is 0.489 e. The van der Waals surface area contributed by atoms with Gasteiger partial charge in [-0.1, -0.05) is 60.2 Å². The summed E-state index contributed by atoms with van der Waals surface area (Å²) in [7, 11) is 1.00. The van der Waals surface area contributed by atoms with Gasteiger partial charge in [-0.25, -0.2) is 0 Å². The van der Waals surface area contributed by atoms with Crippen molar-refractivity contribution >= 4 is 0 Å². The van der Waals surface area contributed by atoms with Gasteiger partial charge in [0.2, 0.25) is 0 Å². The predicted octanol–water partition coefficient (Wildman–Crippen LogP) is 6.43. The van der Waals surface area contributed by atoms with Crippen molar-refractivity contribution in [1.82, 2.24) is 0 Å². The van der Waals surface area contributed by atoms with Crippen LogP contribution in [0.1, 0.15) is 73.1 Å². The highest BCUT2D eigenvalue weighted by Crippen LogP contribution is 2.36. The quantitative estimate of drug-likeness (QED) is 0.281. The van der Waals surface area contributed by atoms with E-state index >= 15 is 0 Å². The van der Waals surface area contributed by atoms with Gasteiger partial charge in [0, 0.05) is 26.4 Å². The van der Waals surface area contributed by atoms with Crippen molar-refractivity contribution in [3.05, 3.63) is 106 Å². The van der Waals surface area contributed by atoms with Gasteiger partial charge in [-0.05, 0) is 87.1 Å². The van der Waals surface area contributed by atoms with E-state index in [1.807, 2.05) is 38.1 Å².